The molecular weight excluding hydrogens is 474 g/mol. The van der Waals surface area contributed by atoms with Crippen LogP contribution in [0, 0.1) is 19.8 Å². The zero-order valence-corrected chi connectivity index (χ0v) is 21.9. The van der Waals surface area contributed by atoms with Crippen LogP contribution in [0.1, 0.15) is 49.6 Å². The van der Waals surface area contributed by atoms with E-state index in [0.29, 0.717) is 10.9 Å². The molecule has 1 aromatic heterocycles. The minimum Gasteiger partial charge on any atom is -0.318 e. The van der Waals surface area contributed by atoms with Gasteiger partial charge in [-0.3, -0.25) is 9.69 Å². The van der Waals surface area contributed by atoms with Crippen LogP contribution in [0.5, 0.6) is 0 Å². The minimum absolute atomic E-state index is 0.0657. The summed E-state index contributed by atoms with van der Waals surface area (Å²) < 4.78 is 2.18. The number of para-hydroxylation sites is 1. The molecule has 2 aromatic carbocycles. The maximum Gasteiger partial charge on any atom is 0.267 e. The number of amidine groups is 1. The number of carbonyl (C=O) groups is 1. The van der Waals surface area contributed by atoms with Gasteiger partial charge in [0.2, 0.25) is 0 Å². The molecule has 1 saturated heterocycles. The number of hydrogen-bond acceptors (Lipinski definition) is 3. The number of benzene rings is 2. The summed E-state index contributed by atoms with van der Waals surface area (Å²) in [6, 6.07) is 20.1. The van der Waals surface area contributed by atoms with Gasteiger partial charge in [-0.15, -0.1) is 0 Å². The van der Waals surface area contributed by atoms with Crippen LogP contribution in [0.4, 0.5) is 5.69 Å². The summed E-state index contributed by atoms with van der Waals surface area (Å²) in [7, 11) is 0. The summed E-state index contributed by atoms with van der Waals surface area (Å²) in [5, 5.41) is 1.49. The molecule has 1 aliphatic carbocycles. The Bertz CT molecular complexity index is 1310. The first kappa shape index (κ1) is 24.0. The second-order valence-electron chi connectivity index (χ2n) is 9.49. The van der Waals surface area contributed by atoms with Gasteiger partial charge in [0.05, 0.1) is 10.6 Å². The Hall–Kier alpha value is -2.76. The molecule has 180 valence electrons. The van der Waals surface area contributed by atoms with Gasteiger partial charge < -0.3 is 4.57 Å². The first-order chi connectivity index (χ1) is 16.9. The van der Waals surface area contributed by atoms with Crippen molar-refractivity contribution in [3.05, 3.63) is 87.5 Å². The zero-order chi connectivity index (χ0) is 24.5. The van der Waals surface area contributed by atoms with Gasteiger partial charge in [-0.05, 0) is 92.4 Å². The number of amides is 1. The van der Waals surface area contributed by atoms with E-state index in [9.17, 15) is 4.79 Å². The smallest absolute Gasteiger partial charge is 0.267 e. The van der Waals surface area contributed by atoms with Gasteiger partial charge in [0.25, 0.3) is 5.91 Å². The number of nitrogens with zero attached hydrogens (tertiary/aromatic N) is 3. The molecular formula is C29H30ClN3OS. The molecule has 3 aromatic rings. The Morgan fingerprint density at radius 1 is 1.03 bits per heavy atom. The molecule has 2 heterocycles. The van der Waals surface area contributed by atoms with E-state index in [1.165, 1.54) is 18.2 Å². The number of thioether (sulfide) groups is 1. The number of aliphatic imine (C=N–C) groups is 1. The second-order valence-corrected chi connectivity index (χ2v) is 10.9. The van der Waals surface area contributed by atoms with Crippen LogP contribution in [0.25, 0.3) is 11.8 Å². The molecule has 4 nitrogen and oxygen atoms in total. The average Bonchev–Trinajstić information content (AvgIpc) is 3.29. The summed E-state index contributed by atoms with van der Waals surface area (Å²) in [6.45, 7) is 6.43. The van der Waals surface area contributed by atoms with E-state index in [1.807, 2.05) is 59.5 Å². The quantitative estimate of drug-likeness (QED) is 0.339. The molecule has 2 fully saturated rings. The van der Waals surface area contributed by atoms with Crippen LogP contribution in [-0.2, 0) is 4.79 Å². The minimum atomic E-state index is 0.0657. The molecule has 0 unspecified atom stereocenters. The highest BCUT2D eigenvalue weighted by Crippen LogP contribution is 2.40. The maximum atomic E-state index is 13.8. The van der Waals surface area contributed by atoms with Crippen molar-refractivity contribution in [3.63, 3.8) is 0 Å². The largest absolute Gasteiger partial charge is 0.318 e. The fourth-order valence-corrected chi connectivity index (χ4v) is 6.46. The molecule has 6 heteroatoms. The topological polar surface area (TPSA) is 37.6 Å². The summed E-state index contributed by atoms with van der Waals surface area (Å²) in [6.07, 6.45) is 6.60. The van der Waals surface area contributed by atoms with E-state index in [-0.39, 0.29) is 11.9 Å². The Labute approximate surface area is 216 Å². The monoisotopic (exact) mass is 503 g/mol. The van der Waals surface area contributed by atoms with Gasteiger partial charge in [0.15, 0.2) is 5.17 Å². The first-order valence-corrected chi connectivity index (χ1v) is 13.4. The van der Waals surface area contributed by atoms with Gasteiger partial charge >= 0.3 is 0 Å². The summed E-state index contributed by atoms with van der Waals surface area (Å²) in [4.78, 5) is 21.4. The van der Waals surface area contributed by atoms with Crippen LogP contribution in [0.15, 0.2) is 70.6 Å². The third-order valence-corrected chi connectivity index (χ3v) is 8.26. The summed E-state index contributed by atoms with van der Waals surface area (Å²) in [5.74, 6) is 0.525. The molecule has 2 aliphatic rings. The number of hydrogen-bond donors (Lipinski definition) is 0. The fraction of sp³-hybridized carbons (Fsp3) is 0.310. The predicted octanol–water partition coefficient (Wildman–Crippen LogP) is 7.93. The molecule has 5 rings (SSSR count). The van der Waals surface area contributed by atoms with Gasteiger partial charge in [-0.25, -0.2) is 4.99 Å². The Balaban J connectivity index is 1.54. The lowest BCUT2D eigenvalue weighted by Crippen LogP contribution is -2.44. The van der Waals surface area contributed by atoms with Crippen LogP contribution in [0.2, 0.25) is 5.02 Å². The van der Waals surface area contributed by atoms with Gasteiger partial charge in [0.1, 0.15) is 0 Å². The van der Waals surface area contributed by atoms with Crippen molar-refractivity contribution in [1.82, 2.24) is 9.47 Å². The standard InChI is InChI=1S/C29H30ClN3OS/c1-19-10-7-8-15-26(19)33-28(34)27(35-29(33)31-24-12-5-4-6-13-24)17-22-16-20(2)32(21(22)3)25-14-9-11-23(30)18-25/h4-6,9,11-14,16-19,26H,7-8,10,15H2,1-3H3/b27-17-,31-29?/t19-,26-/m1/s1. The zero-order valence-electron chi connectivity index (χ0n) is 20.4. The number of aryl methyl sites for hydroxylation is 1. The van der Waals surface area contributed by atoms with Gasteiger partial charge in [-0.1, -0.05) is 55.6 Å². The summed E-state index contributed by atoms with van der Waals surface area (Å²) >= 11 is 7.75. The SMILES string of the molecule is Cc1cc(/C=C2\SC(=Nc3ccccc3)N([C@@H]3CCCC[C@H]3C)C2=O)c(C)n1-c1cccc(Cl)c1. The molecule has 0 bridgehead atoms. The lowest BCUT2D eigenvalue weighted by molar-refractivity contribution is -0.124. The molecule has 1 amide bonds. The number of halogens is 1. The van der Waals surface area contributed by atoms with Gasteiger partial charge in [0, 0.05) is 28.1 Å². The predicted molar refractivity (Wildman–Crippen MR) is 148 cm³/mol. The highest BCUT2D eigenvalue weighted by Gasteiger charge is 2.41. The first-order valence-electron chi connectivity index (χ1n) is 12.2. The van der Waals surface area contributed by atoms with E-state index >= 15 is 0 Å². The number of carbonyl (C=O) groups excluding carboxylic acids is 1. The van der Waals surface area contributed by atoms with Crippen LogP contribution < -0.4 is 0 Å². The van der Waals surface area contributed by atoms with E-state index in [4.69, 9.17) is 16.6 Å². The van der Waals surface area contributed by atoms with Crippen molar-refractivity contribution in [1.29, 1.82) is 0 Å². The van der Waals surface area contributed by atoms with Crippen LogP contribution in [-0.4, -0.2) is 26.6 Å². The molecule has 35 heavy (non-hydrogen) atoms. The van der Waals surface area contributed by atoms with Crippen LogP contribution >= 0.6 is 23.4 Å². The molecule has 1 saturated carbocycles. The van der Waals surface area contributed by atoms with Gasteiger partial charge in [-0.2, -0.15) is 0 Å². The van der Waals surface area contributed by atoms with E-state index in [0.717, 1.165) is 57.7 Å². The summed E-state index contributed by atoms with van der Waals surface area (Å²) in [5.41, 5.74) is 5.11. The lowest BCUT2D eigenvalue weighted by atomic mass is 9.85. The lowest BCUT2D eigenvalue weighted by Gasteiger charge is -2.35. The molecule has 0 spiro atoms. The van der Waals surface area contributed by atoms with E-state index in [2.05, 4.69) is 37.5 Å². The average molecular weight is 504 g/mol. The van der Waals surface area contributed by atoms with Crippen molar-refractivity contribution >= 4 is 46.2 Å². The maximum absolute atomic E-state index is 13.8. The second kappa shape index (κ2) is 10.1. The highest BCUT2D eigenvalue weighted by molar-refractivity contribution is 8.18. The normalized spacial score (nSPS) is 23.0. The molecule has 0 N–H and O–H groups in total. The number of aromatic nitrogens is 1. The van der Waals surface area contributed by atoms with E-state index < -0.39 is 0 Å². The number of rotatable bonds is 4. The molecule has 2 atom stereocenters. The van der Waals surface area contributed by atoms with E-state index in [1.54, 1.807) is 0 Å². The Kier molecular flexibility index (Phi) is 6.90. The van der Waals surface area contributed by atoms with Crippen molar-refractivity contribution in [2.24, 2.45) is 10.9 Å². The van der Waals surface area contributed by atoms with Crippen molar-refractivity contribution in [2.75, 3.05) is 0 Å². The Morgan fingerprint density at radius 3 is 2.54 bits per heavy atom. The third-order valence-electron chi connectivity index (χ3n) is 7.04. The van der Waals surface area contributed by atoms with Crippen molar-refractivity contribution in [2.45, 2.75) is 52.5 Å². The van der Waals surface area contributed by atoms with Crippen molar-refractivity contribution in [3.8, 4) is 5.69 Å². The fourth-order valence-electron chi connectivity index (χ4n) is 5.24. The van der Waals surface area contributed by atoms with Crippen LogP contribution in [0.3, 0.4) is 0 Å². The molecule has 0 radical (unpaired) electrons. The van der Waals surface area contributed by atoms with Crippen molar-refractivity contribution < 1.29 is 4.79 Å². The third kappa shape index (κ3) is 4.85. The Morgan fingerprint density at radius 2 is 1.80 bits per heavy atom. The highest BCUT2D eigenvalue weighted by atomic mass is 35.5. The molecule has 1 aliphatic heterocycles.